The minimum Gasteiger partial charge on any atom is -0.505 e. The largest absolute Gasteiger partial charge is 0.505 e. The van der Waals surface area contributed by atoms with Gasteiger partial charge in [0.15, 0.2) is 5.75 Å². The van der Waals surface area contributed by atoms with Crippen molar-refractivity contribution in [2.45, 2.75) is 18.9 Å². The van der Waals surface area contributed by atoms with Crippen molar-refractivity contribution in [3.8, 4) is 5.75 Å². The lowest BCUT2D eigenvalue weighted by Crippen LogP contribution is -2.52. The number of fused-ring (bicyclic) bond motifs is 1. The van der Waals surface area contributed by atoms with Gasteiger partial charge in [0.1, 0.15) is 0 Å². The molecular formula is C21H23BrN4O3. The maximum absolute atomic E-state index is 13.0. The number of hydrogen-bond acceptors (Lipinski definition) is 4. The summed E-state index contributed by atoms with van der Waals surface area (Å²) in [6.07, 6.45) is 2.27. The molecule has 0 aromatic heterocycles. The van der Waals surface area contributed by atoms with Crippen LogP contribution in [0.25, 0.3) is 0 Å². The molecule has 2 heterocycles. The first-order valence-electron chi connectivity index (χ1n) is 9.71. The first-order chi connectivity index (χ1) is 14.0. The van der Waals surface area contributed by atoms with Crippen molar-refractivity contribution in [2.24, 2.45) is 0 Å². The van der Waals surface area contributed by atoms with Crippen molar-refractivity contribution in [1.29, 1.82) is 0 Å². The zero-order valence-electron chi connectivity index (χ0n) is 15.9. The van der Waals surface area contributed by atoms with Gasteiger partial charge in [0.2, 0.25) is 0 Å². The number of rotatable bonds is 3. The molecule has 29 heavy (non-hydrogen) atoms. The maximum Gasteiger partial charge on any atom is 0.323 e. The molecule has 1 atom stereocenters. The summed E-state index contributed by atoms with van der Waals surface area (Å²) in [5.74, 6) is -0.419. The molecule has 0 aliphatic carbocycles. The summed E-state index contributed by atoms with van der Waals surface area (Å²) in [6.45, 7) is 3.29. The highest BCUT2D eigenvalue weighted by molar-refractivity contribution is 9.10. The van der Waals surface area contributed by atoms with Gasteiger partial charge in [-0.15, -0.1) is 0 Å². The van der Waals surface area contributed by atoms with Crippen LogP contribution in [0.15, 0.2) is 46.9 Å². The molecule has 0 radical (unpaired) electrons. The number of nitrogens with one attached hydrogen (secondary N) is 2. The van der Waals surface area contributed by atoms with Crippen molar-refractivity contribution in [3.05, 3.63) is 52.5 Å². The zero-order valence-corrected chi connectivity index (χ0v) is 17.5. The smallest absolute Gasteiger partial charge is 0.323 e. The molecule has 2 fully saturated rings. The first kappa shape index (κ1) is 19.7. The number of phenolic OH excluding ortho intramolecular Hbond substituents is 1. The Morgan fingerprint density at radius 1 is 1.00 bits per heavy atom. The van der Waals surface area contributed by atoms with Gasteiger partial charge in [0, 0.05) is 30.1 Å². The number of anilines is 2. The number of carbonyl (C=O) groups is 2. The third kappa shape index (κ3) is 4.23. The highest BCUT2D eigenvalue weighted by atomic mass is 79.9. The molecular weight excluding hydrogens is 436 g/mol. The van der Waals surface area contributed by atoms with E-state index in [4.69, 9.17) is 0 Å². The number of amides is 3. The molecule has 0 unspecified atom stereocenters. The summed E-state index contributed by atoms with van der Waals surface area (Å²) in [5.41, 5.74) is 1.00. The predicted octanol–water partition coefficient (Wildman–Crippen LogP) is 3.72. The summed E-state index contributed by atoms with van der Waals surface area (Å²) < 4.78 is 0.745. The van der Waals surface area contributed by atoms with Gasteiger partial charge in [-0.25, -0.2) is 4.79 Å². The number of phenols is 1. The van der Waals surface area contributed by atoms with Gasteiger partial charge in [0.05, 0.1) is 16.9 Å². The van der Waals surface area contributed by atoms with Crippen LogP contribution in [-0.2, 0) is 0 Å². The van der Waals surface area contributed by atoms with Crippen LogP contribution < -0.4 is 10.6 Å². The standard InChI is InChI=1S/C21H23BrN4O3/c22-16-7-1-2-8-17(16)23-21(29)24-18-9-3-6-15(19(18)27)20(28)26-12-11-25-10-4-5-14(25)13-26/h1-3,6-9,14,27H,4-5,10-13H2,(H2,23,24,29)/t14-/m1/s1. The Labute approximate surface area is 177 Å². The second kappa shape index (κ2) is 8.42. The maximum atomic E-state index is 13.0. The molecule has 3 N–H and O–H groups in total. The minimum absolute atomic E-state index is 0.194. The van der Waals surface area contributed by atoms with Crippen molar-refractivity contribution < 1.29 is 14.7 Å². The Balaban J connectivity index is 1.46. The number of para-hydroxylation sites is 2. The lowest BCUT2D eigenvalue weighted by atomic mass is 10.1. The molecule has 7 nitrogen and oxygen atoms in total. The molecule has 2 saturated heterocycles. The third-order valence-electron chi connectivity index (χ3n) is 5.51. The van der Waals surface area contributed by atoms with Gasteiger partial charge in [-0.05, 0) is 59.6 Å². The topological polar surface area (TPSA) is 84.9 Å². The Morgan fingerprint density at radius 2 is 1.76 bits per heavy atom. The van der Waals surface area contributed by atoms with Gasteiger partial charge in [-0.3, -0.25) is 9.69 Å². The van der Waals surface area contributed by atoms with Gasteiger partial charge < -0.3 is 20.6 Å². The van der Waals surface area contributed by atoms with E-state index in [1.54, 1.807) is 35.2 Å². The van der Waals surface area contributed by atoms with Crippen LogP contribution in [0.2, 0.25) is 0 Å². The van der Waals surface area contributed by atoms with Crippen molar-refractivity contribution >= 4 is 39.2 Å². The molecule has 0 spiro atoms. The number of aromatic hydroxyl groups is 1. The van der Waals surface area contributed by atoms with Crippen molar-refractivity contribution in [3.63, 3.8) is 0 Å². The van der Waals surface area contributed by atoms with Gasteiger partial charge in [-0.2, -0.15) is 0 Å². The summed E-state index contributed by atoms with van der Waals surface area (Å²) in [5, 5.41) is 16.0. The van der Waals surface area contributed by atoms with E-state index < -0.39 is 6.03 Å². The number of nitrogens with zero attached hydrogens (tertiary/aromatic N) is 2. The van der Waals surface area contributed by atoms with Gasteiger partial charge >= 0.3 is 6.03 Å². The van der Waals surface area contributed by atoms with E-state index in [9.17, 15) is 14.7 Å². The lowest BCUT2D eigenvalue weighted by molar-refractivity contribution is 0.0568. The Hall–Kier alpha value is -2.58. The van der Waals surface area contributed by atoms with Crippen molar-refractivity contribution in [2.75, 3.05) is 36.8 Å². The number of halogens is 1. The fourth-order valence-electron chi connectivity index (χ4n) is 4.00. The van der Waals surface area contributed by atoms with Crippen LogP contribution in [0.1, 0.15) is 23.2 Å². The van der Waals surface area contributed by atoms with Crippen LogP contribution in [0.3, 0.4) is 0 Å². The van der Waals surface area contributed by atoms with E-state index in [2.05, 4.69) is 31.5 Å². The molecule has 8 heteroatoms. The summed E-state index contributed by atoms with van der Waals surface area (Å²) in [6, 6.07) is 12.0. The van der Waals surface area contributed by atoms with Crippen LogP contribution >= 0.6 is 15.9 Å². The number of benzene rings is 2. The zero-order chi connectivity index (χ0) is 20.4. The van der Waals surface area contributed by atoms with E-state index in [0.717, 1.165) is 24.0 Å². The van der Waals surface area contributed by atoms with E-state index in [1.165, 1.54) is 6.42 Å². The average Bonchev–Trinajstić information content (AvgIpc) is 3.19. The molecule has 152 valence electrons. The Kier molecular flexibility index (Phi) is 5.73. The van der Waals surface area contributed by atoms with E-state index >= 15 is 0 Å². The quantitative estimate of drug-likeness (QED) is 0.611. The Bertz CT molecular complexity index is 936. The molecule has 4 rings (SSSR count). The molecule has 2 aromatic carbocycles. The molecule has 0 saturated carbocycles. The molecule has 2 aliphatic rings. The summed E-state index contributed by atoms with van der Waals surface area (Å²) in [7, 11) is 0. The minimum atomic E-state index is -0.503. The third-order valence-corrected chi connectivity index (χ3v) is 6.20. The van der Waals surface area contributed by atoms with Crippen LogP contribution in [-0.4, -0.2) is 59.1 Å². The highest BCUT2D eigenvalue weighted by Crippen LogP contribution is 2.30. The van der Waals surface area contributed by atoms with E-state index in [1.807, 2.05) is 12.1 Å². The molecule has 2 aromatic rings. The number of hydrogen-bond donors (Lipinski definition) is 3. The highest BCUT2D eigenvalue weighted by Gasteiger charge is 2.33. The summed E-state index contributed by atoms with van der Waals surface area (Å²) >= 11 is 3.37. The summed E-state index contributed by atoms with van der Waals surface area (Å²) in [4.78, 5) is 29.6. The molecule has 0 bridgehead atoms. The average molecular weight is 459 g/mol. The van der Waals surface area contributed by atoms with Crippen LogP contribution in [0.5, 0.6) is 5.75 Å². The van der Waals surface area contributed by atoms with Crippen LogP contribution in [0.4, 0.5) is 16.2 Å². The van der Waals surface area contributed by atoms with E-state index in [0.29, 0.717) is 24.8 Å². The monoisotopic (exact) mass is 458 g/mol. The fraction of sp³-hybridized carbons (Fsp3) is 0.333. The first-order valence-corrected chi connectivity index (χ1v) is 10.5. The number of urea groups is 1. The SMILES string of the molecule is O=C(Nc1ccccc1Br)Nc1cccc(C(=O)N2CCN3CCC[C@@H]3C2)c1O. The molecule has 2 aliphatic heterocycles. The van der Waals surface area contributed by atoms with Crippen molar-refractivity contribution in [1.82, 2.24) is 9.80 Å². The number of carbonyl (C=O) groups excluding carboxylic acids is 2. The van der Waals surface area contributed by atoms with Gasteiger partial charge in [0.25, 0.3) is 5.91 Å². The fourth-order valence-corrected chi connectivity index (χ4v) is 4.39. The van der Waals surface area contributed by atoms with Gasteiger partial charge in [-0.1, -0.05) is 18.2 Å². The van der Waals surface area contributed by atoms with Crippen LogP contribution in [0, 0.1) is 0 Å². The number of piperazine rings is 1. The predicted molar refractivity (Wildman–Crippen MR) is 115 cm³/mol. The normalized spacial score (nSPS) is 18.9. The lowest BCUT2D eigenvalue weighted by Gasteiger charge is -2.37. The molecule has 3 amide bonds. The van der Waals surface area contributed by atoms with E-state index in [-0.39, 0.29) is 22.9 Å². The Morgan fingerprint density at radius 3 is 2.59 bits per heavy atom. The second-order valence-electron chi connectivity index (χ2n) is 7.34. The second-order valence-corrected chi connectivity index (χ2v) is 8.20.